The smallest absolute Gasteiger partial charge is 0.132 e. The highest BCUT2D eigenvalue weighted by Crippen LogP contribution is 2.39. The summed E-state index contributed by atoms with van der Waals surface area (Å²) in [4.78, 5) is 5.18. The molecule has 5 aromatic rings. The van der Waals surface area contributed by atoms with Crippen LogP contribution in [0.15, 0.2) is 97.1 Å². The number of pyridine rings is 1. The van der Waals surface area contributed by atoms with Gasteiger partial charge in [-0.3, -0.25) is 0 Å². The first-order valence-electron chi connectivity index (χ1n) is 16.5. The van der Waals surface area contributed by atoms with Crippen LogP contribution in [-0.2, 0) is 5.41 Å². The number of benzene rings is 4. The zero-order valence-corrected chi connectivity index (χ0v) is 28.6. The largest absolute Gasteiger partial charge is 0.494 e. The van der Waals surface area contributed by atoms with Gasteiger partial charge in [0.2, 0.25) is 0 Å². The van der Waals surface area contributed by atoms with Crippen molar-refractivity contribution in [3.8, 4) is 56.6 Å². The molecule has 4 aromatic carbocycles. The van der Waals surface area contributed by atoms with Crippen LogP contribution in [0.2, 0.25) is 0 Å². The van der Waals surface area contributed by atoms with Crippen LogP contribution in [0.25, 0.3) is 33.6 Å². The lowest BCUT2D eigenvalue weighted by Gasteiger charge is -2.19. The average molecular weight is 631 g/mol. The Bertz CT molecular complexity index is 1700. The molecule has 0 spiro atoms. The number of hydrogen-bond donors (Lipinski definition) is 1. The Balaban J connectivity index is 1.57. The van der Waals surface area contributed by atoms with Gasteiger partial charge in [-0.15, -0.1) is 0 Å². The second-order valence-electron chi connectivity index (χ2n) is 12.2. The number of nitrogens with one attached hydrogen (secondary N) is 1. The van der Waals surface area contributed by atoms with E-state index in [1.165, 1.54) is 5.56 Å². The van der Waals surface area contributed by atoms with E-state index < -0.39 is 0 Å². The van der Waals surface area contributed by atoms with Crippen LogP contribution in [0.4, 0.5) is 11.4 Å². The van der Waals surface area contributed by atoms with Crippen LogP contribution < -0.4 is 24.3 Å². The lowest BCUT2D eigenvalue weighted by Crippen LogP contribution is -2.10. The van der Waals surface area contributed by atoms with Crippen LogP contribution in [0.1, 0.15) is 54.0 Å². The maximum Gasteiger partial charge on any atom is 0.132 e. The van der Waals surface area contributed by atoms with E-state index in [-0.39, 0.29) is 5.41 Å². The molecule has 1 N–H and O–H groups in total. The van der Waals surface area contributed by atoms with Gasteiger partial charge in [0.1, 0.15) is 23.0 Å². The predicted molar refractivity (Wildman–Crippen MR) is 194 cm³/mol. The monoisotopic (exact) mass is 630 g/mol. The molecule has 0 aliphatic carbocycles. The van der Waals surface area contributed by atoms with E-state index in [4.69, 9.17) is 23.9 Å². The summed E-state index contributed by atoms with van der Waals surface area (Å²) in [6.07, 6.45) is 0. The summed E-state index contributed by atoms with van der Waals surface area (Å²) in [6.45, 7) is 16.8. The van der Waals surface area contributed by atoms with Crippen LogP contribution >= 0.6 is 0 Å². The Hall–Kier alpha value is -4.97. The highest BCUT2D eigenvalue weighted by molar-refractivity contribution is 5.81. The molecule has 0 radical (unpaired) electrons. The summed E-state index contributed by atoms with van der Waals surface area (Å²) in [5, 5.41) is 3.54. The number of nitrogens with zero attached hydrogens (tertiary/aromatic N) is 1. The molecule has 244 valence electrons. The maximum atomic E-state index is 6.10. The minimum atomic E-state index is 0.117. The lowest BCUT2D eigenvalue weighted by molar-refractivity contribution is 0.323. The van der Waals surface area contributed by atoms with Gasteiger partial charge in [-0.2, -0.15) is 0 Å². The molecule has 1 aromatic heterocycles. The zero-order valence-electron chi connectivity index (χ0n) is 28.6. The minimum Gasteiger partial charge on any atom is -0.494 e. The second-order valence-corrected chi connectivity index (χ2v) is 12.2. The summed E-state index contributed by atoms with van der Waals surface area (Å²) in [7, 11) is 0. The summed E-state index contributed by atoms with van der Waals surface area (Å²) in [6, 6.07) is 33.2. The Morgan fingerprint density at radius 2 is 0.957 bits per heavy atom. The van der Waals surface area contributed by atoms with Crippen LogP contribution in [0.5, 0.6) is 23.0 Å². The van der Waals surface area contributed by atoms with Crippen LogP contribution in [-0.4, -0.2) is 31.4 Å². The molecule has 47 heavy (non-hydrogen) atoms. The fraction of sp³-hybridized carbons (Fsp3) is 0.293. The van der Waals surface area contributed by atoms with Crippen molar-refractivity contribution in [2.24, 2.45) is 0 Å². The normalized spacial score (nSPS) is 11.2. The lowest BCUT2D eigenvalue weighted by atomic mass is 9.87. The van der Waals surface area contributed by atoms with Gasteiger partial charge in [-0.05, 0) is 110 Å². The zero-order chi connectivity index (χ0) is 33.4. The van der Waals surface area contributed by atoms with Crippen molar-refractivity contribution in [1.82, 2.24) is 4.98 Å². The van der Waals surface area contributed by atoms with Gasteiger partial charge < -0.3 is 24.3 Å². The van der Waals surface area contributed by atoms with E-state index in [1.54, 1.807) is 0 Å². The molecule has 0 amide bonds. The Morgan fingerprint density at radius 3 is 1.38 bits per heavy atom. The van der Waals surface area contributed by atoms with Gasteiger partial charge in [-0.1, -0.05) is 45.0 Å². The van der Waals surface area contributed by atoms with Crippen molar-refractivity contribution >= 4 is 11.4 Å². The van der Waals surface area contributed by atoms with E-state index >= 15 is 0 Å². The summed E-state index contributed by atoms with van der Waals surface area (Å²) in [5.74, 6) is 2.97. The highest BCUT2D eigenvalue weighted by atomic mass is 16.5. The second kappa shape index (κ2) is 15.1. The van der Waals surface area contributed by atoms with Crippen molar-refractivity contribution in [3.63, 3.8) is 0 Å². The predicted octanol–water partition coefficient (Wildman–Crippen LogP) is 10.7. The Kier molecular flexibility index (Phi) is 10.7. The third kappa shape index (κ3) is 8.25. The topological polar surface area (TPSA) is 61.8 Å². The molecular weight excluding hydrogens is 584 g/mol. The molecule has 6 nitrogen and oxygen atoms in total. The maximum absolute atomic E-state index is 6.10. The summed E-state index contributed by atoms with van der Waals surface area (Å²) >= 11 is 0. The number of ether oxygens (including phenoxy) is 4. The summed E-state index contributed by atoms with van der Waals surface area (Å²) < 4.78 is 23.8. The molecule has 0 bridgehead atoms. The fourth-order valence-corrected chi connectivity index (χ4v) is 5.43. The SMILES string of the molecule is CCOc1ccc(-c2cc(-c3ccc(Nc4ccc(C(C)(C)C)cc4)cc3)cc(-c3ccc(OCC)cc3OCC)n2)c(OCC)c1. The van der Waals surface area contributed by atoms with Crippen molar-refractivity contribution in [2.45, 2.75) is 53.9 Å². The van der Waals surface area contributed by atoms with E-state index in [9.17, 15) is 0 Å². The first-order chi connectivity index (χ1) is 22.7. The molecule has 0 atom stereocenters. The van der Waals surface area contributed by atoms with Gasteiger partial charge >= 0.3 is 0 Å². The Morgan fingerprint density at radius 1 is 0.511 bits per heavy atom. The average Bonchev–Trinajstić information content (AvgIpc) is 3.06. The van der Waals surface area contributed by atoms with Gasteiger partial charge in [0.25, 0.3) is 0 Å². The fourth-order valence-electron chi connectivity index (χ4n) is 5.43. The van der Waals surface area contributed by atoms with Crippen LogP contribution in [0.3, 0.4) is 0 Å². The summed E-state index contributed by atoms with van der Waals surface area (Å²) in [5.41, 5.74) is 8.95. The molecule has 0 fully saturated rings. The van der Waals surface area contributed by atoms with Crippen molar-refractivity contribution in [2.75, 3.05) is 31.7 Å². The first-order valence-corrected chi connectivity index (χ1v) is 16.5. The van der Waals surface area contributed by atoms with Crippen molar-refractivity contribution in [3.05, 3.63) is 103 Å². The highest BCUT2D eigenvalue weighted by Gasteiger charge is 2.17. The van der Waals surface area contributed by atoms with E-state index in [0.29, 0.717) is 26.4 Å². The van der Waals surface area contributed by atoms with Gasteiger partial charge in [0.05, 0.1) is 37.8 Å². The van der Waals surface area contributed by atoms with E-state index in [0.717, 1.165) is 68.0 Å². The standard InChI is InChI=1S/C41H46N2O4/c1-8-44-33-20-22-35(39(26-33)46-10-3)37-24-29(25-38(43-37)36-23-21-34(45-9-2)27-40(36)47-11-4)28-12-16-31(17-13-28)42-32-18-14-30(15-19-32)41(5,6)7/h12-27,42H,8-11H2,1-7H3. The van der Waals surface area contributed by atoms with Gasteiger partial charge in [0, 0.05) is 34.6 Å². The molecule has 0 aliphatic heterocycles. The molecular formula is C41H46N2O4. The molecule has 0 saturated carbocycles. The minimum absolute atomic E-state index is 0.117. The molecule has 1 heterocycles. The molecule has 0 saturated heterocycles. The molecule has 6 heteroatoms. The van der Waals surface area contributed by atoms with Crippen LogP contribution in [0, 0.1) is 0 Å². The van der Waals surface area contributed by atoms with Crippen molar-refractivity contribution in [1.29, 1.82) is 0 Å². The number of aromatic nitrogens is 1. The van der Waals surface area contributed by atoms with E-state index in [2.05, 4.69) is 86.8 Å². The van der Waals surface area contributed by atoms with E-state index in [1.807, 2.05) is 64.1 Å². The Labute approximate surface area is 279 Å². The number of anilines is 2. The first kappa shape index (κ1) is 33.4. The molecule has 0 aliphatic rings. The quantitative estimate of drug-likeness (QED) is 0.140. The third-order valence-electron chi connectivity index (χ3n) is 7.76. The van der Waals surface area contributed by atoms with Gasteiger partial charge in [-0.25, -0.2) is 4.98 Å². The van der Waals surface area contributed by atoms with Crippen molar-refractivity contribution < 1.29 is 18.9 Å². The van der Waals surface area contributed by atoms with Gasteiger partial charge in [0.15, 0.2) is 0 Å². The number of rotatable bonds is 13. The number of hydrogen-bond acceptors (Lipinski definition) is 6. The molecule has 0 unspecified atom stereocenters. The molecule has 5 rings (SSSR count). The third-order valence-corrected chi connectivity index (χ3v) is 7.76.